The summed E-state index contributed by atoms with van der Waals surface area (Å²) < 4.78 is 53.2. The van der Waals surface area contributed by atoms with Crippen LogP contribution in [0.1, 0.15) is 11.3 Å². The van der Waals surface area contributed by atoms with Gasteiger partial charge in [-0.1, -0.05) is 6.07 Å². The maximum Gasteiger partial charge on any atom is 0.435 e. The van der Waals surface area contributed by atoms with Crippen molar-refractivity contribution in [2.75, 3.05) is 5.32 Å². The highest BCUT2D eigenvalue weighted by Crippen LogP contribution is 2.29. The van der Waals surface area contributed by atoms with Crippen molar-refractivity contribution in [3.05, 3.63) is 58.2 Å². The third kappa shape index (κ3) is 3.78. The lowest BCUT2D eigenvalue weighted by atomic mass is 10.2. The molecule has 0 saturated carbocycles. The number of nitrogens with zero attached hydrogens (tertiary/aromatic N) is 4. The number of alkyl halides is 3. The number of aryl methyl sites for hydroxylation is 1. The molecule has 0 fully saturated rings. The Hall–Kier alpha value is -2.49. The third-order valence-electron chi connectivity index (χ3n) is 3.19. The zero-order valence-electron chi connectivity index (χ0n) is 12.6. The number of anilines is 2. The van der Waals surface area contributed by atoms with E-state index in [1.807, 2.05) is 0 Å². The first kappa shape index (κ1) is 17.3. The summed E-state index contributed by atoms with van der Waals surface area (Å²) in [4.78, 5) is 8.09. The Balaban J connectivity index is 1.96. The third-order valence-corrected chi connectivity index (χ3v) is 3.75. The smallest absolute Gasteiger partial charge is 0.322 e. The zero-order valence-corrected chi connectivity index (χ0v) is 14.2. The lowest BCUT2D eigenvalue weighted by molar-refractivity contribution is -0.141. The summed E-state index contributed by atoms with van der Waals surface area (Å²) in [7, 11) is 0. The van der Waals surface area contributed by atoms with Gasteiger partial charge in [-0.25, -0.2) is 14.1 Å². The van der Waals surface area contributed by atoms with E-state index in [1.54, 1.807) is 19.1 Å². The van der Waals surface area contributed by atoms with Crippen molar-refractivity contribution >= 4 is 27.6 Å². The molecule has 0 aliphatic rings. The van der Waals surface area contributed by atoms with Gasteiger partial charge in [0.1, 0.15) is 5.82 Å². The van der Waals surface area contributed by atoms with Gasteiger partial charge in [-0.05, 0) is 46.6 Å². The molecular formula is C15H10BrF4N5. The predicted molar refractivity (Wildman–Crippen MR) is 86.3 cm³/mol. The van der Waals surface area contributed by atoms with Crippen molar-refractivity contribution in [2.45, 2.75) is 13.1 Å². The van der Waals surface area contributed by atoms with Gasteiger partial charge < -0.3 is 5.32 Å². The van der Waals surface area contributed by atoms with Crippen LogP contribution in [-0.4, -0.2) is 19.7 Å². The standard InChI is InChI=1S/C15H10BrF4N5/c1-8-2-3-10(17)11(6-8)22-14-21-7-9(16)13(23-14)25-5-4-12(24-25)15(18,19)20/h2-7H,1H3,(H,21,22,23). The fourth-order valence-electron chi connectivity index (χ4n) is 2.03. The first-order valence-corrected chi connectivity index (χ1v) is 7.72. The van der Waals surface area contributed by atoms with Crippen molar-refractivity contribution in [3.8, 4) is 5.82 Å². The summed E-state index contributed by atoms with van der Waals surface area (Å²) in [5, 5.41) is 6.17. The lowest BCUT2D eigenvalue weighted by Crippen LogP contribution is -2.09. The molecule has 0 spiro atoms. The molecular weight excluding hydrogens is 406 g/mol. The maximum atomic E-state index is 13.8. The molecule has 1 aromatic carbocycles. The molecule has 5 nitrogen and oxygen atoms in total. The molecule has 10 heteroatoms. The highest BCUT2D eigenvalue weighted by atomic mass is 79.9. The fourth-order valence-corrected chi connectivity index (χ4v) is 2.40. The van der Waals surface area contributed by atoms with Crippen LogP contribution < -0.4 is 5.32 Å². The van der Waals surface area contributed by atoms with Crippen LogP contribution in [0.25, 0.3) is 5.82 Å². The Morgan fingerprint density at radius 2 is 1.96 bits per heavy atom. The monoisotopic (exact) mass is 415 g/mol. The van der Waals surface area contributed by atoms with Gasteiger partial charge in [0.05, 0.1) is 10.2 Å². The first-order chi connectivity index (χ1) is 11.7. The molecule has 0 radical (unpaired) electrons. The largest absolute Gasteiger partial charge is 0.435 e. The molecule has 0 amide bonds. The van der Waals surface area contributed by atoms with E-state index in [0.29, 0.717) is 4.47 Å². The van der Waals surface area contributed by atoms with E-state index >= 15 is 0 Å². The molecule has 0 atom stereocenters. The number of rotatable bonds is 3. The molecule has 1 N–H and O–H groups in total. The Bertz CT molecular complexity index is 923. The molecule has 0 unspecified atom stereocenters. The van der Waals surface area contributed by atoms with Crippen LogP contribution in [0.2, 0.25) is 0 Å². The molecule has 130 valence electrons. The van der Waals surface area contributed by atoms with E-state index in [-0.39, 0.29) is 17.5 Å². The molecule has 25 heavy (non-hydrogen) atoms. The van der Waals surface area contributed by atoms with Crippen LogP contribution in [0.3, 0.4) is 0 Å². The summed E-state index contributed by atoms with van der Waals surface area (Å²) in [5.41, 5.74) is -0.0647. The van der Waals surface area contributed by atoms with Gasteiger partial charge in [-0.15, -0.1) is 0 Å². The first-order valence-electron chi connectivity index (χ1n) is 6.93. The minimum absolute atomic E-state index is 0.0201. The van der Waals surface area contributed by atoms with Gasteiger partial charge in [0.15, 0.2) is 11.5 Å². The molecule has 3 rings (SSSR count). The van der Waals surface area contributed by atoms with Crippen molar-refractivity contribution in [3.63, 3.8) is 0 Å². The van der Waals surface area contributed by atoms with Crippen LogP contribution in [0.4, 0.5) is 29.2 Å². The number of aromatic nitrogens is 4. The van der Waals surface area contributed by atoms with Crippen LogP contribution >= 0.6 is 15.9 Å². The quantitative estimate of drug-likeness (QED) is 0.633. The van der Waals surface area contributed by atoms with E-state index in [1.165, 1.54) is 12.3 Å². The van der Waals surface area contributed by atoms with Crippen LogP contribution in [0, 0.1) is 12.7 Å². The minimum atomic E-state index is -4.56. The molecule has 2 aromatic heterocycles. The number of nitrogens with one attached hydrogen (secondary N) is 1. The Morgan fingerprint density at radius 1 is 1.20 bits per heavy atom. The topological polar surface area (TPSA) is 55.6 Å². The average molecular weight is 416 g/mol. The molecule has 2 heterocycles. The van der Waals surface area contributed by atoms with Gasteiger partial charge in [0.25, 0.3) is 0 Å². The van der Waals surface area contributed by atoms with Gasteiger partial charge in [-0.2, -0.15) is 23.3 Å². The number of hydrogen-bond acceptors (Lipinski definition) is 4. The number of halogens is 5. The fraction of sp³-hybridized carbons (Fsp3) is 0.133. The van der Waals surface area contributed by atoms with E-state index < -0.39 is 17.7 Å². The van der Waals surface area contributed by atoms with E-state index in [0.717, 1.165) is 22.5 Å². The molecule has 0 aliphatic heterocycles. The molecule has 0 saturated heterocycles. The van der Waals surface area contributed by atoms with E-state index in [2.05, 4.69) is 36.3 Å². The van der Waals surface area contributed by atoms with Gasteiger partial charge in [0, 0.05) is 12.4 Å². The minimum Gasteiger partial charge on any atom is -0.322 e. The second-order valence-corrected chi connectivity index (χ2v) is 5.97. The van der Waals surface area contributed by atoms with Crippen molar-refractivity contribution < 1.29 is 17.6 Å². The van der Waals surface area contributed by atoms with Crippen LogP contribution in [-0.2, 0) is 6.18 Å². The van der Waals surface area contributed by atoms with Crippen molar-refractivity contribution in [2.24, 2.45) is 0 Å². The second-order valence-electron chi connectivity index (χ2n) is 5.12. The summed E-state index contributed by atoms with van der Waals surface area (Å²) in [6.07, 6.45) is -2.09. The highest BCUT2D eigenvalue weighted by Gasteiger charge is 2.33. The molecule has 3 aromatic rings. The Labute approximate surface area is 147 Å². The highest BCUT2D eigenvalue weighted by molar-refractivity contribution is 9.10. The average Bonchev–Trinajstić information content (AvgIpc) is 3.03. The van der Waals surface area contributed by atoms with E-state index in [4.69, 9.17) is 0 Å². The Morgan fingerprint density at radius 3 is 2.64 bits per heavy atom. The summed E-state index contributed by atoms with van der Waals surface area (Å²) in [5.74, 6) is -0.398. The van der Waals surface area contributed by atoms with E-state index in [9.17, 15) is 17.6 Å². The number of hydrogen-bond donors (Lipinski definition) is 1. The van der Waals surface area contributed by atoms with Crippen molar-refractivity contribution in [1.29, 1.82) is 0 Å². The summed E-state index contributed by atoms with van der Waals surface area (Å²) in [6.45, 7) is 1.79. The number of benzene rings is 1. The van der Waals surface area contributed by atoms with Gasteiger partial charge in [0.2, 0.25) is 5.95 Å². The maximum absolute atomic E-state index is 13.8. The van der Waals surface area contributed by atoms with Gasteiger partial charge >= 0.3 is 6.18 Å². The Kier molecular flexibility index (Phi) is 4.46. The summed E-state index contributed by atoms with van der Waals surface area (Å²) >= 11 is 3.17. The second kappa shape index (κ2) is 6.43. The summed E-state index contributed by atoms with van der Waals surface area (Å²) in [6, 6.07) is 5.30. The lowest BCUT2D eigenvalue weighted by Gasteiger charge is -2.09. The SMILES string of the molecule is Cc1ccc(F)c(Nc2ncc(Br)c(-n3ccc(C(F)(F)F)n3)n2)c1. The normalized spacial score (nSPS) is 11.6. The van der Waals surface area contributed by atoms with Gasteiger partial charge in [-0.3, -0.25) is 0 Å². The van der Waals surface area contributed by atoms with Crippen LogP contribution in [0.15, 0.2) is 41.1 Å². The zero-order chi connectivity index (χ0) is 18.2. The van der Waals surface area contributed by atoms with Crippen molar-refractivity contribution in [1.82, 2.24) is 19.7 Å². The molecule has 0 bridgehead atoms. The predicted octanol–water partition coefficient (Wildman–Crippen LogP) is 4.63. The van der Waals surface area contributed by atoms with Crippen LogP contribution in [0.5, 0.6) is 0 Å². The molecule has 0 aliphatic carbocycles.